The highest BCUT2D eigenvalue weighted by atomic mass is 19.4. The van der Waals surface area contributed by atoms with Gasteiger partial charge in [0.15, 0.2) is 6.61 Å². The van der Waals surface area contributed by atoms with Crippen LogP contribution in [0.2, 0.25) is 0 Å². The number of imidazole rings is 1. The van der Waals surface area contributed by atoms with E-state index in [1.807, 2.05) is 6.92 Å². The molecule has 1 aromatic heterocycles. The van der Waals surface area contributed by atoms with E-state index in [2.05, 4.69) is 10.3 Å². The summed E-state index contributed by atoms with van der Waals surface area (Å²) < 4.78 is 46.0. The van der Waals surface area contributed by atoms with Crippen LogP contribution in [-0.2, 0) is 27.0 Å². The summed E-state index contributed by atoms with van der Waals surface area (Å²) in [6.45, 7) is 0.844. The summed E-state index contributed by atoms with van der Waals surface area (Å²) in [6, 6.07) is 6.04. The molecule has 1 heterocycles. The van der Waals surface area contributed by atoms with Crippen LogP contribution in [0.4, 0.5) is 13.2 Å². The molecule has 4 bridgehead atoms. The molecule has 0 aliphatic heterocycles. The van der Waals surface area contributed by atoms with Gasteiger partial charge in [-0.15, -0.1) is 0 Å². The summed E-state index contributed by atoms with van der Waals surface area (Å²) in [6.07, 6.45) is 2.60. The zero-order valence-electron chi connectivity index (χ0n) is 18.5. The first-order chi connectivity index (χ1) is 15.6. The lowest BCUT2D eigenvalue weighted by atomic mass is 9.48. The zero-order valence-corrected chi connectivity index (χ0v) is 18.5. The average Bonchev–Trinajstić information content (AvgIpc) is 3.10. The standard InChI is InChI=1S/C24H28F3N3O3/c1-14(23-9-15-6-16(10-23)8-17(7-15)11-23)28-20(31)13-33-21(32)12-30-19-5-3-2-4-18(19)29-22(30)24(25,26)27/h2-5,14-17H,6-13H2,1H3,(H,28,31). The van der Waals surface area contributed by atoms with E-state index in [9.17, 15) is 22.8 Å². The third-order valence-corrected chi connectivity index (χ3v) is 7.94. The Morgan fingerprint density at radius 2 is 1.76 bits per heavy atom. The number of aromatic nitrogens is 2. The van der Waals surface area contributed by atoms with Crippen LogP contribution in [0.25, 0.3) is 11.0 Å². The second kappa shape index (κ2) is 8.02. The van der Waals surface area contributed by atoms with Gasteiger partial charge in [0.1, 0.15) is 6.54 Å². The van der Waals surface area contributed by atoms with E-state index in [-0.39, 0.29) is 22.5 Å². The lowest BCUT2D eigenvalue weighted by Gasteiger charge is -2.59. The number of benzene rings is 1. The van der Waals surface area contributed by atoms with Crippen LogP contribution in [0.3, 0.4) is 0 Å². The minimum absolute atomic E-state index is 0.0217. The number of ether oxygens (including phenoxy) is 1. The summed E-state index contributed by atoms with van der Waals surface area (Å²) in [4.78, 5) is 28.4. The fourth-order valence-corrected chi connectivity index (χ4v) is 6.92. The fraction of sp³-hybridized carbons (Fsp3) is 0.625. The zero-order chi connectivity index (χ0) is 23.4. The van der Waals surface area contributed by atoms with E-state index in [1.165, 1.54) is 31.4 Å². The van der Waals surface area contributed by atoms with Crippen molar-refractivity contribution in [2.24, 2.45) is 23.2 Å². The number of esters is 1. The van der Waals surface area contributed by atoms with E-state index in [1.54, 1.807) is 12.1 Å². The van der Waals surface area contributed by atoms with Gasteiger partial charge in [0.05, 0.1) is 11.0 Å². The molecular formula is C24H28F3N3O3. The summed E-state index contributed by atoms with van der Waals surface area (Å²) in [5, 5.41) is 3.00. The van der Waals surface area contributed by atoms with Crippen molar-refractivity contribution in [3.05, 3.63) is 30.1 Å². The summed E-state index contributed by atoms with van der Waals surface area (Å²) in [5.41, 5.74) is 0.438. The summed E-state index contributed by atoms with van der Waals surface area (Å²) in [5.74, 6) is -0.247. The van der Waals surface area contributed by atoms with Gasteiger partial charge in [0.25, 0.3) is 5.91 Å². The van der Waals surface area contributed by atoms with E-state index in [4.69, 9.17) is 4.74 Å². The molecule has 0 saturated heterocycles. The largest absolute Gasteiger partial charge is 0.454 e. The average molecular weight is 464 g/mol. The van der Waals surface area contributed by atoms with Crippen LogP contribution in [0.5, 0.6) is 0 Å². The fourth-order valence-electron chi connectivity index (χ4n) is 6.92. The molecule has 178 valence electrons. The van der Waals surface area contributed by atoms with E-state index < -0.39 is 37.0 Å². The monoisotopic (exact) mass is 463 g/mol. The lowest BCUT2D eigenvalue weighted by Crippen LogP contribution is -2.56. The Morgan fingerprint density at radius 1 is 1.15 bits per heavy atom. The molecule has 1 N–H and O–H groups in total. The minimum Gasteiger partial charge on any atom is -0.454 e. The number of rotatable bonds is 6. The second-order valence-electron chi connectivity index (χ2n) is 10.2. The molecule has 1 unspecified atom stereocenters. The van der Waals surface area contributed by atoms with Gasteiger partial charge in [-0.3, -0.25) is 9.59 Å². The number of carbonyl (C=O) groups excluding carboxylic acids is 2. The molecule has 4 aliphatic rings. The van der Waals surface area contributed by atoms with Crippen LogP contribution in [0.15, 0.2) is 24.3 Å². The molecule has 0 spiro atoms. The second-order valence-corrected chi connectivity index (χ2v) is 10.2. The number of hydrogen-bond acceptors (Lipinski definition) is 4. The summed E-state index contributed by atoms with van der Waals surface area (Å²) >= 11 is 0. The molecule has 6 nitrogen and oxygen atoms in total. The maximum Gasteiger partial charge on any atom is 0.449 e. The van der Waals surface area contributed by atoms with Crippen LogP contribution in [-0.4, -0.2) is 34.1 Å². The highest BCUT2D eigenvalue weighted by molar-refractivity contribution is 5.82. The Labute approximate surface area is 189 Å². The molecule has 4 saturated carbocycles. The van der Waals surface area contributed by atoms with E-state index in [0.717, 1.165) is 41.6 Å². The quantitative estimate of drug-likeness (QED) is 0.648. The molecule has 0 radical (unpaired) electrons. The molecule has 1 atom stereocenters. The number of amides is 1. The third kappa shape index (κ3) is 4.22. The molecular weight excluding hydrogens is 435 g/mol. The molecule has 1 amide bonds. The van der Waals surface area contributed by atoms with Crippen molar-refractivity contribution in [1.82, 2.24) is 14.9 Å². The van der Waals surface area contributed by atoms with Gasteiger partial charge in [-0.05, 0) is 80.8 Å². The first-order valence-electron chi connectivity index (χ1n) is 11.6. The maximum absolute atomic E-state index is 13.4. The Bertz CT molecular complexity index is 1040. The number of para-hydroxylation sites is 2. The Balaban J connectivity index is 1.20. The SMILES string of the molecule is CC(NC(=O)COC(=O)Cn1c(C(F)(F)F)nc2ccccc21)C12CC3CC(CC(C3)C1)C2. The molecule has 4 aliphatic carbocycles. The number of nitrogens with zero attached hydrogens (tertiary/aromatic N) is 2. The van der Waals surface area contributed by atoms with Crippen molar-refractivity contribution in [3.63, 3.8) is 0 Å². The molecule has 4 fully saturated rings. The van der Waals surface area contributed by atoms with Gasteiger partial charge >= 0.3 is 12.1 Å². The van der Waals surface area contributed by atoms with Crippen LogP contribution in [0.1, 0.15) is 51.3 Å². The number of nitrogens with one attached hydrogen (secondary N) is 1. The molecule has 1 aromatic carbocycles. The van der Waals surface area contributed by atoms with Gasteiger partial charge in [0, 0.05) is 6.04 Å². The smallest absolute Gasteiger partial charge is 0.449 e. The molecule has 2 aromatic rings. The van der Waals surface area contributed by atoms with Crippen molar-refractivity contribution in [2.75, 3.05) is 6.61 Å². The lowest BCUT2D eigenvalue weighted by molar-refractivity contribution is -0.153. The van der Waals surface area contributed by atoms with Crippen molar-refractivity contribution in [2.45, 2.75) is 64.2 Å². The molecule has 6 rings (SSSR count). The maximum atomic E-state index is 13.4. The van der Waals surface area contributed by atoms with E-state index in [0.29, 0.717) is 0 Å². The number of carbonyl (C=O) groups is 2. The first-order valence-corrected chi connectivity index (χ1v) is 11.6. The number of fused-ring (bicyclic) bond motifs is 1. The molecule has 33 heavy (non-hydrogen) atoms. The Hall–Kier alpha value is -2.58. The summed E-state index contributed by atoms with van der Waals surface area (Å²) in [7, 11) is 0. The Kier molecular flexibility index (Phi) is 5.40. The van der Waals surface area contributed by atoms with Gasteiger partial charge in [-0.2, -0.15) is 13.2 Å². The predicted molar refractivity (Wildman–Crippen MR) is 114 cm³/mol. The predicted octanol–water partition coefficient (Wildman–Crippen LogP) is 4.32. The van der Waals surface area contributed by atoms with E-state index >= 15 is 0 Å². The van der Waals surface area contributed by atoms with Gasteiger partial charge in [0.2, 0.25) is 5.82 Å². The number of hydrogen-bond donors (Lipinski definition) is 1. The normalized spacial score (nSPS) is 29.3. The highest BCUT2D eigenvalue weighted by Gasteiger charge is 2.53. The topological polar surface area (TPSA) is 73.2 Å². The van der Waals surface area contributed by atoms with Crippen molar-refractivity contribution >= 4 is 22.9 Å². The number of halogens is 3. The number of alkyl halides is 3. The Morgan fingerprint density at radius 3 is 2.36 bits per heavy atom. The van der Waals surface area contributed by atoms with Gasteiger partial charge in [-0.25, -0.2) is 4.98 Å². The van der Waals surface area contributed by atoms with Crippen molar-refractivity contribution < 1.29 is 27.5 Å². The van der Waals surface area contributed by atoms with Crippen LogP contribution in [0, 0.1) is 23.2 Å². The van der Waals surface area contributed by atoms with Gasteiger partial charge < -0.3 is 14.6 Å². The highest BCUT2D eigenvalue weighted by Crippen LogP contribution is 2.61. The first kappa shape index (κ1) is 22.2. The minimum atomic E-state index is -4.72. The van der Waals surface area contributed by atoms with Gasteiger partial charge in [-0.1, -0.05) is 12.1 Å². The van der Waals surface area contributed by atoms with Crippen LogP contribution >= 0.6 is 0 Å². The van der Waals surface area contributed by atoms with Crippen molar-refractivity contribution in [3.8, 4) is 0 Å². The van der Waals surface area contributed by atoms with Crippen molar-refractivity contribution in [1.29, 1.82) is 0 Å². The molecule has 9 heteroatoms. The van der Waals surface area contributed by atoms with Crippen LogP contribution < -0.4 is 5.32 Å². The third-order valence-electron chi connectivity index (χ3n) is 7.94.